The molecule has 3 aromatic rings. The minimum absolute atomic E-state index is 0.114. The van der Waals surface area contributed by atoms with Crippen molar-refractivity contribution in [3.8, 4) is 5.75 Å². The normalized spacial score (nSPS) is 10.6. The molecule has 3 rings (SSSR count). The van der Waals surface area contributed by atoms with Gasteiger partial charge >= 0.3 is 0 Å². The van der Waals surface area contributed by atoms with Gasteiger partial charge in [0.15, 0.2) is 0 Å². The van der Waals surface area contributed by atoms with E-state index in [0.29, 0.717) is 12.1 Å². The molecule has 3 nitrogen and oxygen atoms in total. The number of aliphatic hydroxyl groups is 1. The van der Waals surface area contributed by atoms with Crippen LogP contribution in [0.2, 0.25) is 0 Å². The first-order valence-corrected chi connectivity index (χ1v) is 8.96. The van der Waals surface area contributed by atoms with Crippen LogP contribution < -0.4 is 5.32 Å². The Labute approximate surface area is 152 Å². The Kier molecular flexibility index (Phi) is 5.64. The van der Waals surface area contributed by atoms with E-state index < -0.39 is 0 Å². The highest BCUT2D eigenvalue weighted by Gasteiger charge is 2.06. The first-order chi connectivity index (χ1) is 12.2. The molecule has 0 saturated heterocycles. The van der Waals surface area contributed by atoms with E-state index in [1.165, 1.54) is 20.9 Å². The van der Waals surface area contributed by atoms with Gasteiger partial charge in [0, 0.05) is 27.6 Å². The number of aryl methyl sites for hydroxylation is 1. The molecule has 0 heterocycles. The Balaban J connectivity index is 1.73. The summed E-state index contributed by atoms with van der Waals surface area (Å²) in [7, 11) is 0. The Hall–Kier alpha value is -2.43. The van der Waals surface area contributed by atoms with Crippen LogP contribution in [0.5, 0.6) is 5.75 Å². The highest BCUT2D eigenvalue weighted by Crippen LogP contribution is 2.31. The molecule has 0 bridgehead atoms. The summed E-state index contributed by atoms with van der Waals surface area (Å²) in [5, 5.41) is 22.3. The average Bonchev–Trinajstić information content (AvgIpc) is 2.64. The molecule has 0 spiro atoms. The summed E-state index contributed by atoms with van der Waals surface area (Å²) < 4.78 is 0. The number of phenols is 1. The number of aliphatic hydroxyl groups excluding tert-OH is 1. The van der Waals surface area contributed by atoms with Gasteiger partial charge in [-0.15, -0.1) is 0 Å². The van der Waals surface area contributed by atoms with Crippen molar-refractivity contribution in [3.05, 3.63) is 83.4 Å². The lowest BCUT2D eigenvalue weighted by Gasteiger charge is -2.12. The lowest BCUT2D eigenvalue weighted by atomic mass is 10.1. The fourth-order valence-corrected chi connectivity index (χ4v) is 3.45. The molecule has 3 aromatic carbocycles. The number of hydrogen-bond donors (Lipinski definition) is 3. The molecule has 0 aliphatic rings. The molecule has 0 aliphatic carbocycles. The molecular formula is C21H21NO2S. The largest absolute Gasteiger partial charge is 0.508 e. The summed E-state index contributed by atoms with van der Waals surface area (Å²) in [4.78, 5) is 2.42. The average molecular weight is 351 g/mol. The number of hydrogen-bond acceptors (Lipinski definition) is 4. The van der Waals surface area contributed by atoms with Gasteiger partial charge in [0.25, 0.3) is 0 Å². The first-order valence-electron chi connectivity index (χ1n) is 8.15. The maximum atomic E-state index is 9.66. The third-order valence-corrected chi connectivity index (χ3v) is 5.08. The first kappa shape index (κ1) is 17.4. The Morgan fingerprint density at radius 2 is 1.68 bits per heavy atom. The predicted molar refractivity (Wildman–Crippen MR) is 103 cm³/mol. The zero-order valence-electron chi connectivity index (χ0n) is 14.1. The molecule has 0 fully saturated rings. The number of anilines is 1. The number of benzene rings is 3. The van der Waals surface area contributed by atoms with Crippen LogP contribution in [-0.2, 0) is 13.2 Å². The van der Waals surface area contributed by atoms with Gasteiger partial charge in [0.05, 0.1) is 6.61 Å². The molecule has 4 heteroatoms. The van der Waals surface area contributed by atoms with Crippen LogP contribution in [0.25, 0.3) is 0 Å². The maximum absolute atomic E-state index is 9.66. The molecule has 0 saturated carbocycles. The quantitative estimate of drug-likeness (QED) is 0.550. The fourth-order valence-electron chi connectivity index (χ4n) is 2.50. The Morgan fingerprint density at radius 3 is 2.44 bits per heavy atom. The lowest BCUT2D eigenvalue weighted by Crippen LogP contribution is -2.01. The maximum Gasteiger partial charge on any atom is 0.121 e. The van der Waals surface area contributed by atoms with Crippen LogP contribution in [0.4, 0.5) is 5.69 Å². The van der Waals surface area contributed by atoms with Crippen molar-refractivity contribution in [2.75, 3.05) is 5.32 Å². The highest BCUT2D eigenvalue weighted by atomic mass is 32.2. The SMILES string of the molecule is Cc1ccc(Sc2ccccc2CNc2ccc(O)c(CO)c2)cc1. The van der Waals surface area contributed by atoms with E-state index in [2.05, 4.69) is 48.6 Å². The number of nitrogens with one attached hydrogen (secondary N) is 1. The number of aromatic hydroxyl groups is 1. The lowest BCUT2D eigenvalue weighted by molar-refractivity contribution is 0.275. The van der Waals surface area contributed by atoms with Crippen molar-refractivity contribution in [1.29, 1.82) is 0 Å². The van der Waals surface area contributed by atoms with Crippen molar-refractivity contribution in [2.45, 2.75) is 29.9 Å². The molecule has 0 amide bonds. The van der Waals surface area contributed by atoms with Gasteiger partial charge in [-0.25, -0.2) is 0 Å². The van der Waals surface area contributed by atoms with E-state index in [9.17, 15) is 10.2 Å². The van der Waals surface area contributed by atoms with Gasteiger partial charge < -0.3 is 15.5 Å². The van der Waals surface area contributed by atoms with E-state index >= 15 is 0 Å². The molecule has 3 N–H and O–H groups in total. The zero-order chi connectivity index (χ0) is 17.6. The van der Waals surface area contributed by atoms with Gasteiger partial charge in [-0.3, -0.25) is 0 Å². The minimum Gasteiger partial charge on any atom is -0.508 e. The predicted octanol–water partition coefficient (Wildman–Crippen LogP) is 4.96. The minimum atomic E-state index is -0.179. The van der Waals surface area contributed by atoms with Crippen LogP contribution in [0.3, 0.4) is 0 Å². The summed E-state index contributed by atoms with van der Waals surface area (Å²) in [5.74, 6) is 0.114. The van der Waals surface area contributed by atoms with Gasteiger partial charge in [-0.1, -0.05) is 47.7 Å². The van der Waals surface area contributed by atoms with E-state index in [4.69, 9.17) is 0 Å². The van der Waals surface area contributed by atoms with Crippen molar-refractivity contribution in [1.82, 2.24) is 0 Å². The van der Waals surface area contributed by atoms with Crippen LogP contribution in [0.15, 0.2) is 76.5 Å². The second-order valence-corrected chi connectivity index (χ2v) is 6.99. The molecule has 0 aromatic heterocycles. The fraction of sp³-hybridized carbons (Fsp3) is 0.143. The van der Waals surface area contributed by atoms with Crippen molar-refractivity contribution >= 4 is 17.4 Å². The third-order valence-electron chi connectivity index (χ3n) is 3.95. The second-order valence-electron chi connectivity index (χ2n) is 5.88. The van der Waals surface area contributed by atoms with Crippen molar-refractivity contribution < 1.29 is 10.2 Å². The van der Waals surface area contributed by atoms with Gasteiger partial charge in [0.1, 0.15) is 5.75 Å². The summed E-state index contributed by atoms with van der Waals surface area (Å²) in [5.41, 5.74) is 3.85. The van der Waals surface area contributed by atoms with E-state index in [-0.39, 0.29) is 12.4 Å². The van der Waals surface area contributed by atoms with Crippen LogP contribution >= 0.6 is 11.8 Å². The highest BCUT2D eigenvalue weighted by molar-refractivity contribution is 7.99. The molecular weight excluding hydrogens is 330 g/mol. The molecule has 25 heavy (non-hydrogen) atoms. The summed E-state index contributed by atoms with van der Waals surface area (Å²) in [6.45, 7) is 2.58. The van der Waals surface area contributed by atoms with Gasteiger partial charge in [-0.2, -0.15) is 0 Å². The molecule has 0 atom stereocenters. The third kappa shape index (κ3) is 4.56. The van der Waals surface area contributed by atoms with Crippen molar-refractivity contribution in [2.24, 2.45) is 0 Å². The zero-order valence-corrected chi connectivity index (χ0v) is 14.9. The molecule has 128 valence electrons. The van der Waals surface area contributed by atoms with Crippen LogP contribution in [-0.4, -0.2) is 10.2 Å². The Morgan fingerprint density at radius 1 is 0.920 bits per heavy atom. The van der Waals surface area contributed by atoms with Crippen LogP contribution in [0.1, 0.15) is 16.7 Å². The van der Waals surface area contributed by atoms with E-state index in [1.54, 1.807) is 23.9 Å². The van der Waals surface area contributed by atoms with E-state index in [1.807, 2.05) is 18.2 Å². The Bertz CT molecular complexity index is 847. The summed E-state index contributed by atoms with van der Waals surface area (Å²) in [6.07, 6.45) is 0. The van der Waals surface area contributed by atoms with Gasteiger partial charge in [-0.05, 0) is 48.9 Å². The van der Waals surface area contributed by atoms with Crippen LogP contribution in [0, 0.1) is 6.92 Å². The van der Waals surface area contributed by atoms with E-state index in [0.717, 1.165) is 5.69 Å². The van der Waals surface area contributed by atoms with Gasteiger partial charge in [0.2, 0.25) is 0 Å². The summed E-state index contributed by atoms with van der Waals surface area (Å²) in [6, 6.07) is 22.0. The smallest absolute Gasteiger partial charge is 0.121 e. The van der Waals surface area contributed by atoms with Crippen molar-refractivity contribution in [3.63, 3.8) is 0 Å². The monoisotopic (exact) mass is 351 g/mol. The molecule has 0 aliphatic heterocycles. The second kappa shape index (κ2) is 8.10. The summed E-state index contributed by atoms with van der Waals surface area (Å²) >= 11 is 1.75. The standard InChI is InChI=1S/C21H21NO2S/c1-15-6-9-19(10-7-15)25-21-5-3-2-4-16(21)13-22-18-8-11-20(24)17(12-18)14-23/h2-12,22-24H,13-14H2,1H3. The number of rotatable bonds is 6. The topological polar surface area (TPSA) is 52.5 Å². The molecule has 0 unspecified atom stereocenters. The molecule has 0 radical (unpaired) electrons.